The van der Waals surface area contributed by atoms with Crippen molar-refractivity contribution in [1.29, 1.82) is 0 Å². The molecule has 1 aromatic carbocycles. The maximum Gasteiger partial charge on any atom is 0.361 e. The van der Waals surface area contributed by atoms with Gasteiger partial charge in [-0.15, -0.1) is 0 Å². The van der Waals surface area contributed by atoms with Crippen molar-refractivity contribution in [2.45, 2.75) is 33.2 Å². The highest BCUT2D eigenvalue weighted by Crippen LogP contribution is 2.21. The summed E-state index contributed by atoms with van der Waals surface area (Å²) in [6.07, 6.45) is 0.808. The molecule has 0 spiro atoms. The van der Waals surface area contributed by atoms with Gasteiger partial charge in [0.05, 0.1) is 0 Å². The molecular weight excluding hydrogens is 296 g/mol. The summed E-state index contributed by atoms with van der Waals surface area (Å²) >= 11 is 0. The van der Waals surface area contributed by atoms with Crippen molar-refractivity contribution >= 4 is 11.9 Å². The fourth-order valence-electron chi connectivity index (χ4n) is 1.91. The van der Waals surface area contributed by atoms with Crippen molar-refractivity contribution in [3.05, 3.63) is 41.8 Å². The van der Waals surface area contributed by atoms with E-state index in [1.54, 1.807) is 6.92 Å². The van der Waals surface area contributed by atoms with E-state index in [0.29, 0.717) is 11.7 Å². The predicted molar refractivity (Wildman–Crippen MR) is 84.9 cm³/mol. The number of rotatable bonds is 6. The quantitative estimate of drug-likeness (QED) is 0.829. The highest BCUT2D eigenvalue weighted by Gasteiger charge is 2.20. The molecule has 0 aliphatic carbocycles. The summed E-state index contributed by atoms with van der Waals surface area (Å²) in [5.74, 6) is -0.305. The summed E-state index contributed by atoms with van der Waals surface area (Å²) in [4.78, 5) is 27.8. The summed E-state index contributed by atoms with van der Waals surface area (Å²) in [6.45, 7) is 5.14. The Balaban J connectivity index is 2.00. The van der Waals surface area contributed by atoms with Crippen LogP contribution in [0.15, 0.2) is 34.7 Å². The first-order chi connectivity index (χ1) is 11.0. The normalized spacial score (nSPS) is 11.8. The molecule has 1 N–H and O–H groups in total. The van der Waals surface area contributed by atoms with Crippen molar-refractivity contribution in [3.63, 3.8) is 0 Å². The van der Waals surface area contributed by atoms with Gasteiger partial charge in [-0.3, -0.25) is 4.79 Å². The van der Waals surface area contributed by atoms with Gasteiger partial charge in [-0.1, -0.05) is 25.1 Å². The third-order valence-corrected chi connectivity index (χ3v) is 3.36. The molecule has 0 aliphatic rings. The van der Waals surface area contributed by atoms with Crippen LogP contribution in [0, 0.1) is 6.92 Å². The Morgan fingerprint density at radius 3 is 2.65 bits per heavy atom. The lowest BCUT2D eigenvalue weighted by Crippen LogP contribution is -2.35. The van der Waals surface area contributed by atoms with Crippen LogP contribution in [-0.4, -0.2) is 29.5 Å². The Bertz CT molecular complexity index is 679. The van der Waals surface area contributed by atoms with Crippen molar-refractivity contribution in [2.75, 3.05) is 6.61 Å². The number of carbonyl (C=O) groups is 2. The van der Waals surface area contributed by atoms with E-state index in [2.05, 4.69) is 10.3 Å². The second-order valence-corrected chi connectivity index (χ2v) is 5.24. The van der Waals surface area contributed by atoms with Gasteiger partial charge in [0.15, 0.2) is 12.3 Å². The molecule has 2 aromatic rings. The molecule has 122 valence electrons. The largest absolute Gasteiger partial charge is 0.451 e. The summed E-state index contributed by atoms with van der Waals surface area (Å²) in [5, 5.41) is 2.72. The first-order valence-corrected chi connectivity index (χ1v) is 7.50. The van der Waals surface area contributed by atoms with Crippen LogP contribution in [0.1, 0.15) is 36.5 Å². The van der Waals surface area contributed by atoms with Crippen LogP contribution >= 0.6 is 0 Å². The Labute approximate surface area is 134 Å². The Morgan fingerprint density at radius 2 is 2.00 bits per heavy atom. The average molecular weight is 316 g/mol. The monoisotopic (exact) mass is 316 g/mol. The van der Waals surface area contributed by atoms with Gasteiger partial charge in [-0.2, -0.15) is 0 Å². The number of benzene rings is 1. The van der Waals surface area contributed by atoms with E-state index in [1.807, 2.05) is 44.2 Å². The number of hydrogen-bond acceptors (Lipinski definition) is 5. The van der Waals surface area contributed by atoms with Gasteiger partial charge in [-0.05, 0) is 32.4 Å². The van der Waals surface area contributed by atoms with Gasteiger partial charge in [0.1, 0.15) is 5.76 Å². The third kappa shape index (κ3) is 4.42. The van der Waals surface area contributed by atoms with Crippen molar-refractivity contribution < 1.29 is 18.7 Å². The lowest BCUT2D eigenvalue weighted by molar-refractivity contribution is -0.124. The minimum absolute atomic E-state index is 0.0414. The van der Waals surface area contributed by atoms with E-state index >= 15 is 0 Å². The summed E-state index contributed by atoms with van der Waals surface area (Å²) < 4.78 is 10.5. The lowest BCUT2D eigenvalue weighted by Gasteiger charge is -2.10. The first-order valence-electron chi connectivity index (χ1n) is 7.50. The molecule has 1 amide bonds. The SMILES string of the molecule is CC[C@H](C)NC(=O)COC(=O)c1nc(-c2ccccc2)oc1C. The van der Waals surface area contributed by atoms with Gasteiger partial charge in [0.2, 0.25) is 5.89 Å². The highest BCUT2D eigenvalue weighted by atomic mass is 16.5. The number of ether oxygens (including phenoxy) is 1. The summed E-state index contributed by atoms with van der Waals surface area (Å²) in [5.41, 5.74) is 0.851. The highest BCUT2D eigenvalue weighted by molar-refractivity contribution is 5.90. The minimum Gasteiger partial charge on any atom is -0.451 e. The molecule has 0 aliphatic heterocycles. The first kappa shape index (κ1) is 16.7. The molecule has 6 heteroatoms. The molecule has 0 unspecified atom stereocenters. The minimum atomic E-state index is -0.673. The fourth-order valence-corrected chi connectivity index (χ4v) is 1.91. The Kier molecular flexibility index (Phi) is 5.51. The zero-order valence-corrected chi connectivity index (χ0v) is 13.5. The van der Waals surface area contributed by atoms with E-state index in [-0.39, 0.29) is 24.2 Å². The van der Waals surface area contributed by atoms with Gasteiger partial charge < -0.3 is 14.5 Å². The van der Waals surface area contributed by atoms with Crippen LogP contribution in [0.2, 0.25) is 0 Å². The Hall–Kier alpha value is -2.63. The van der Waals surface area contributed by atoms with Crippen LogP contribution in [0.5, 0.6) is 0 Å². The zero-order chi connectivity index (χ0) is 16.8. The number of aromatic nitrogens is 1. The second kappa shape index (κ2) is 7.58. The van der Waals surface area contributed by atoms with E-state index < -0.39 is 5.97 Å². The lowest BCUT2D eigenvalue weighted by atomic mass is 10.2. The van der Waals surface area contributed by atoms with Crippen LogP contribution in [-0.2, 0) is 9.53 Å². The molecule has 23 heavy (non-hydrogen) atoms. The summed E-state index contributed by atoms with van der Waals surface area (Å²) in [6, 6.07) is 9.29. The molecule has 6 nitrogen and oxygen atoms in total. The predicted octanol–water partition coefficient (Wildman–Crippen LogP) is 2.72. The third-order valence-electron chi connectivity index (χ3n) is 3.36. The molecule has 0 fully saturated rings. The number of hydrogen-bond donors (Lipinski definition) is 1. The van der Waals surface area contributed by atoms with E-state index in [0.717, 1.165) is 12.0 Å². The van der Waals surface area contributed by atoms with Crippen molar-refractivity contribution in [2.24, 2.45) is 0 Å². The van der Waals surface area contributed by atoms with E-state index in [9.17, 15) is 9.59 Å². The number of nitrogens with one attached hydrogen (secondary N) is 1. The molecule has 0 bridgehead atoms. The van der Waals surface area contributed by atoms with Gasteiger partial charge in [0.25, 0.3) is 5.91 Å². The number of nitrogens with zero attached hydrogens (tertiary/aromatic N) is 1. The molecular formula is C17H20N2O4. The smallest absolute Gasteiger partial charge is 0.361 e. The standard InChI is InChI=1S/C17H20N2O4/c1-4-11(2)18-14(20)10-22-17(21)15-12(3)23-16(19-15)13-8-6-5-7-9-13/h5-9,11H,4,10H2,1-3H3,(H,18,20)/t11-/m0/s1. The second-order valence-electron chi connectivity index (χ2n) is 5.24. The van der Waals surface area contributed by atoms with Crippen LogP contribution in [0.25, 0.3) is 11.5 Å². The molecule has 0 saturated heterocycles. The number of esters is 1. The average Bonchev–Trinajstić information content (AvgIpc) is 2.95. The van der Waals surface area contributed by atoms with E-state index in [4.69, 9.17) is 9.15 Å². The summed E-state index contributed by atoms with van der Waals surface area (Å²) in [7, 11) is 0. The van der Waals surface area contributed by atoms with Crippen molar-refractivity contribution in [1.82, 2.24) is 10.3 Å². The number of amides is 1. The van der Waals surface area contributed by atoms with Gasteiger partial charge in [-0.25, -0.2) is 9.78 Å². The van der Waals surface area contributed by atoms with Crippen LogP contribution < -0.4 is 5.32 Å². The molecule has 0 radical (unpaired) electrons. The maximum absolute atomic E-state index is 12.0. The Morgan fingerprint density at radius 1 is 1.30 bits per heavy atom. The molecule has 0 saturated carbocycles. The van der Waals surface area contributed by atoms with Crippen LogP contribution in [0.3, 0.4) is 0 Å². The maximum atomic E-state index is 12.0. The number of aryl methyl sites for hydroxylation is 1. The van der Waals surface area contributed by atoms with Gasteiger partial charge in [0, 0.05) is 11.6 Å². The number of oxazole rings is 1. The fraction of sp³-hybridized carbons (Fsp3) is 0.353. The van der Waals surface area contributed by atoms with Crippen LogP contribution in [0.4, 0.5) is 0 Å². The van der Waals surface area contributed by atoms with Crippen molar-refractivity contribution in [3.8, 4) is 11.5 Å². The van der Waals surface area contributed by atoms with Gasteiger partial charge >= 0.3 is 5.97 Å². The van der Waals surface area contributed by atoms with E-state index in [1.165, 1.54) is 0 Å². The molecule has 1 aromatic heterocycles. The topological polar surface area (TPSA) is 81.4 Å². The zero-order valence-electron chi connectivity index (χ0n) is 13.5. The molecule has 1 atom stereocenters. The number of carbonyl (C=O) groups excluding carboxylic acids is 2. The molecule has 2 rings (SSSR count). The molecule has 1 heterocycles.